The predicted octanol–water partition coefficient (Wildman–Crippen LogP) is 3.28. The molecule has 1 unspecified atom stereocenters. The molecule has 96 valence electrons. The second-order valence-corrected chi connectivity index (χ2v) is 4.74. The van der Waals surface area contributed by atoms with Crippen molar-refractivity contribution in [2.75, 3.05) is 13.2 Å². The molecule has 0 aliphatic rings. The molecule has 0 aliphatic carbocycles. The highest BCUT2D eigenvalue weighted by molar-refractivity contribution is 5.20. The van der Waals surface area contributed by atoms with E-state index in [0.29, 0.717) is 24.7 Å². The Morgan fingerprint density at radius 2 is 2.00 bits per heavy atom. The van der Waals surface area contributed by atoms with E-state index in [2.05, 4.69) is 13.8 Å². The summed E-state index contributed by atoms with van der Waals surface area (Å²) in [5, 5.41) is 0. The van der Waals surface area contributed by atoms with Crippen LogP contribution in [0.15, 0.2) is 24.3 Å². The van der Waals surface area contributed by atoms with Gasteiger partial charge in [0.05, 0.1) is 12.6 Å². The van der Waals surface area contributed by atoms with Gasteiger partial charge in [-0.1, -0.05) is 32.0 Å². The molecule has 0 fully saturated rings. The molecule has 0 spiro atoms. The van der Waals surface area contributed by atoms with Crippen molar-refractivity contribution in [2.24, 2.45) is 11.7 Å². The topological polar surface area (TPSA) is 35.2 Å². The molecule has 0 bridgehead atoms. The van der Waals surface area contributed by atoms with Crippen LogP contribution in [0, 0.1) is 11.7 Å². The summed E-state index contributed by atoms with van der Waals surface area (Å²) in [5.41, 5.74) is 6.40. The SMILES string of the molecule is CC(C)CCCOCC(N)c1ccccc1F. The van der Waals surface area contributed by atoms with E-state index in [1.807, 2.05) is 0 Å². The van der Waals surface area contributed by atoms with E-state index < -0.39 is 0 Å². The van der Waals surface area contributed by atoms with Crippen LogP contribution in [0.25, 0.3) is 0 Å². The van der Waals surface area contributed by atoms with Gasteiger partial charge < -0.3 is 10.5 Å². The van der Waals surface area contributed by atoms with Gasteiger partial charge in [0.1, 0.15) is 5.82 Å². The Bertz CT molecular complexity index is 328. The third-order valence-corrected chi connectivity index (χ3v) is 2.67. The molecule has 1 rings (SSSR count). The van der Waals surface area contributed by atoms with Crippen LogP contribution in [0.4, 0.5) is 4.39 Å². The van der Waals surface area contributed by atoms with Crippen LogP contribution in [0.2, 0.25) is 0 Å². The van der Waals surface area contributed by atoms with E-state index in [1.165, 1.54) is 6.07 Å². The van der Waals surface area contributed by atoms with Crippen molar-refractivity contribution in [3.8, 4) is 0 Å². The van der Waals surface area contributed by atoms with Gasteiger partial charge in [0.15, 0.2) is 0 Å². The molecular formula is C14H22FNO. The summed E-state index contributed by atoms with van der Waals surface area (Å²) in [4.78, 5) is 0. The number of halogens is 1. The zero-order valence-corrected chi connectivity index (χ0v) is 10.7. The van der Waals surface area contributed by atoms with E-state index in [4.69, 9.17) is 10.5 Å². The molecule has 2 nitrogen and oxygen atoms in total. The van der Waals surface area contributed by atoms with Crippen molar-refractivity contribution >= 4 is 0 Å². The monoisotopic (exact) mass is 239 g/mol. The summed E-state index contributed by atoms with van der Waals surface area (Å²) < 4.78 is 18.8. The number of ether oxygens (including phenoxy) is 1. The fourth-order valence-corrected chi connectivity index (χ4v) is 1.67. The zero-order valence-electron chi connectivity index (χ0n) is 10.7. The van der Waals surface area contributed by atoms with Gasteiger partial charge in [-0.15, -0.1) is 0 Å². The molecule has 0 saturated heterocycles. The summed E-state index contributed by atoms with van der Waals surface area (Å²) in [5.74, 6) is 0.435. The molecule has 1 aromatic rings. The van der Waals surface area contributed by atoms with E-state index in [1.54, 1.807) is 18.2 Å². The van der Waals surface area contributed by atoms with Crippen LogP contribution in [-0.4, -0.2) is 13.2 Å². The molecule has 0 radical (unpaired) electrons. The standard InChI is InChI=1S/C14H22FNO/c1-11(2)6-5-9-17-10-14(16)12-7-3-4-8-13(12)15/h3-4,7-8,11,14H,5-6,9-10,16H2,1-2H3. The Labute approximate surface area is 103 Å². The Morgan fingerprint density at radius 1 is 1.29 bits per heavy atom. The van der Waals surface area contributed by atoms with E-state index >= 15 is 0 Å². The van der Waals surface area contributed by atoms with Crippen LogP contribution >= 0.6 is 0 Å². The maximum Gasteiger partial charge on any atom is 0.128 e. The van der Waals surface area contributed by atoms with E-state index in [-0.39, 0.29) is 11.9 Å². The molecule has 2 N–H and O–H groups in total. The van der Waals surface area contributed by atoms with Gasteiger partial charge in [-0.2, -0.15) is 0 Å². The molecule has 1 aromatic carbocycles. The van der Waals surface area contributed by atoms with Crippen molar-refractivity contribution in [3.05, 3.63) is 35.6 Å². The first-order chi connectivity index (χ1) is 8.11. The molecule has 17 heavy (non-hydrogen) atoms. The summed E-state index contributed by atoms with van der Waals surface area (Å²) in [7, 11) is 0. The number of hydrogen-bond donors (Lipinski definition) is 1. The minimum absolute atomic E-state index is 0.259. The molecular weight excluding hydrogens is 217 g/mol. The van der Waals surface area contributed by atoms with Crippen LogP contribution in [0.5, 0.6) is 0 Å². The second-order valence-electron chi connectivity index (χ2n) is 4.74. The summed E-state index contributed by atoms with van der Waals surface area (Å²) in [6.07, 6.45) is 2.18. The Morgan fingerprint density at radius 3 is 2.65 bits per heavy atom. The highest BCUT2D eigenvalue weighted by atomic mass is 19.1. The third-order valence-electron chi connectivity index (χ3n) is 2.67. The highest BCUT2D eigenvalue weighted by Crippen LogP contribution is 2.14. The van der Waals surface area contributed by atoms with Crippen molar-refractivity contribution in [1.82, 2.24) is 0 Å². The second kappa shape index (κ2) is 7.41. The molecule has 0 aliphatic heterocycles. The van der Waals surface area contributed by atoms with Crippen molar-refractivity contribution in [3.63, 3.8) is 0 Å². The van der Waals surface area contributed by atoms with E-state index in [9.17, 15) is 4.39 Å². The lowest BCUT2D eigenvalue weighted by atomic mass is 10.1. The van der Waals surface area contributed by atoms with E-state index in [0.717, 1.165) is 12.8 Å². The lowest BCUT2D eigenvalue weighted by molar-refractivity contribution is 0.114. The average molecular weight is 239 g/mol. The maximum absolute atomic E-state index is 13.4. The molecule has 3 heteroatoms. The summed E-state index contributed by atoms with van der Waals surface area (Å²) in [6.45, 7) is 5.44. The quantitative estimate of drug-likeness (QED) is 0.741. The van der Waals surface area contributed by atoms with Gasteiger partial charge in [-0.3, -0.25) is 0 Å². The Kier molecular flexibility index (Phi) is 6.16. The minimum atomic E-state index is -0.379. The van der Waals surface area contributed by atoms with Gasteiger partial charge in [0.25, 0.3) is 0 Å². The first kappa shape index (κ1) is 14.1. The predicted molar refractivity (Wildman–Crippen MR) is 68.2 cm³/mol. The first-order valence-electron chi connectivity index (χ1n) is 6.19. The average Bonchev–Trinajstić information content (AvgIpc) is 2.28. The van der Waals surface area contributed by atoms with Crippen LogP contribution in [0.3, 0.4) is 0 Å². The number of hydrogen-bond acceptors (Lipinski definition) is 2. The van der Waals surface area contributed by atoms with Crippen LogP contribution in [0.1, 0.15) is 38.3 Å². The summed E-state index contributed by atoms with van der Waals surface area (Å²) >= 11 is 0. The number of benzene rings is 1. The molecule has 0 heterocycles. The molecule has 0 aromatic heterocycles. The van der Waals surface area contributed by atoms with Crippen molar-refractivity contribution in [1.29, 1.82) is 0 Å². The third kappa shape index (κ3) is 5.29. The normalized spacial score (nSPS) is 13.0. The van der Waals surface area contributed by atoms with Crippen molar-refractivity contribution in [2.45, 2.75) is 32.7 Å². The maximum atomic E-state index is 13.4. The Balaban J connectivity index is 2.26. The van der Waals surface area contributed by atoms with Gasteiger partial charge in [0.2, 0.25) is 0 Å². The van der Waals surface area contributed by atoms with Crippen LogP contribution < -0.4 is 5.73 Å². The van der Waals surface area contributed by atoms with Gasteiger partial charge in [-0.05, 0) is 24.8 Å². The summed E-state index contributed by atoms with van der Waals surface area (Å²) in [6, 6.07) is 6.20. The van der Waals surface area contributed by atoms with Gasteiger partial charge >= 0.3 is 0 Å². The highest BCUT2D eigenvalue weighted by Gasteiger charge is 2.10. The van der Waals surface area contributed by atoms with Gasteiger partial charge in [-0.25, -0.2) is 4.39 Å². The van der Waals surface area contributed by atoms with Gasteiger partial charge in [0, 0.05) is 12.2 Å². The lowest BCUT2D eigenvalue weighted by Gasteiger charge is -2.13. The molecule has 1 atom stereocenters. The zero-order chi connectivity index (χ0) is 12.7. The number of nitrogens with two attached hydrogens (primary N) is 1. The lowest BCUT2D eigenvalue weighted by Crippen LogP contribution is -2.18. The van der Waals surface area contributed by atoms with Crippen LogP contribution in [-0.2, 0) is 4.74 Å². The Hall–Kier alpha value is -0.930. The molecule has 0 saturated carbocycles. The first-order valence-corrected chi connectivity index (χ1v) is 6.19. The van der Waals surface area contributed by atoms with Crippen molar-refractivity contribution < 1.29 is 9.13 Å². The number of rotatable bonds is 7. The minimum Gasteiger partial charge on any atom is -0.379 e. The smallest absolute Gasteiger partial charge is 0.128 e. The fraction of sp³-hybridized carbons (Fsp3) is 0.571. The molecule has 0 amide bonds. The fourth-order valence-electron chi connectivity index (χ4n) is 1.67. The largest absolute Gasteiger partial charge is 0.379 e.